The Morgan fingerprint density at radius 3 is 2.57 bits per heavy atom. The van der Waals surface area contributed by atoms with Gasteiger partial charge in [-0.25, -0.2) is 4.98 Å². The maximum Gasteiger partial charge on any atom is 0.290 e. The van der Waals surface area contributed by atoms with Gasteiger partial charge in [0.25, 0.3) is 11.8 Å². The molecule has 7 heteroatoms. The second kappa shape index (κ2) is 8.02. The standard InChI is InChI=1S/C21H21ClN4O2/c22-16-9-3-2-8-15(16)14-23-20(27)18-17-10-4-7-13-26(17)19(24-18)21(28)25-11-5-1-6-12-25/h2-4,7-10,13H,1,5-6,11-12,14H2,(H,23,27). The first-order valence-electron chi connectivity index (χ1n) is 9.43. The monoisotopic (exact) mass is 396 g/mol. The van der Waals surface area contributed by atoms with Crippen LogP contribution in [0.25, 0.3) is 5.52 Å². The summed E-state index contributed by atoms with van der Waals surface area (Å²) in [6, 6.07) is 12.8. The van der Waals surface area contributed by atoms with E-state index in [0.717, 1.165) is 37.9 Å². The average Bonchev–Trinajstić information content (AvgIpc) is 3.13. The van der Waals surface area contributed by atoms with E-state index < -0.39 is 0 Å². The van der Waals surface area contributed by atoms with Gasteiger partial charge in [0.2, 0.25) is 5.82 Å². The number of likely N-dealkylation sites (tertiary alicyclic amines) is 1. The number of nitrogens with zero attached hydrogens (tertiary/aromatic N) is 3. The lowest BCUT2D eigenvalue weighted by Gasteiger charge is -2.25. The number of aromatic nitrogens is 2. The van der Waals surface area contributed by atoms with Gasteiger partial charge in [-0.2, -0.15) is 0 Å². The molecule has 2 aromatic heterocycles. The minimum Gasteiger partial charge on any atom is -0.346 e. The average molecular weight is 397 g/mol. The number of imidazole rings is 1. The molecular formula is C21H21ClN4O2. The summed E-state index contributed by atoms with van der Waals surface area (Å²) >= 11 is 6.16. The summed E-state index contributed by atoms with van der Waals surface area (Å²) in [6.45, 7) is 1.75. The first-order valence-corrected chi connectivity index (χ1v) is 9.81. The zero-order valence-corrected chi connectivity index (χ0v) is 16.2. The van der Waals surface area contributed by atoms with Crippen LogP contribution in [0.1, 0.15) is 45.9 Å². The van der Waals surface area contributed by atoms with E-state index in [1.807, 2.05) is 35.2 Å². The highest BCUT2D eigenvalue weighted by Gasteiger charge is 2.26. The Kier molecular flexibility index (Phi) is 5.30. The number of hydrogen-bond acceptors (Lipinski definition) is 3. The van der Waals surface area contributed by atoms with Crippen LogP contribution < -0.4 is 5.32 Å². The van der Waals surface area contributed by atoms with E-state index in [9.17, 15) is 9.59 Å². The Bertz CT molecular complexity index is 1020. The minimum absolute atomic E-state index is 0.133. The number of carbonyl (C=O) groups excluding carboxylic acids is 2. The fourth-order valence-corrected chi connectivity index (χ4v) is 3.70. The van der Waals surface area contributed by atoms with Gasteiger partial charge in [0.05, 0.1) is 5.52 Å². The molecule has 1 N–H and O–H groups in total. The van der Waals surface area contributed by atoms with Gasteiger partial charge in [0.15, 0.2) is 5.69 Å². The molecule has 2 amide bonds. The van der Waals surface area contributed by atoms with Crippen LogP contribution in [0.2, 0.25) is 5.02 Å². The SMILES string of the molecule is O=C(NCc1ccccc1Cl)c1nc(C(=O)N2CCCCC2)n2ccccc12. The van der Waals surface area contributed by atoms with Crippen molar-refractivity contribution >= 4 is 28.9 Å². The molecule has 28 heavy (non-hydrogen) atoms. The summed E-state index contributed by atoms with van der Waals surface area (Å²) in [5.74, 6) is -0.187. The van der Waals surface area contributed by atoms with E-state index in [1.54, 1.807) is 22.7 Å². The number of piperidine rings is 1. The molecule has 0 radical (unpaired) electrons. The third kappa shape index (κ3) is 3.60. The van der Waals surface area contributed by atoms with Gasteiger partial charge in [-0.15, -0.1) is 0 Å². The number of hydrogen-bond donors (Lipinski definition) is 1. The third-order valence-corrected chi connectivity index (χ3v) is 5.36. The minimum atomic E-state index is -0.332. The molecule has 1 aliphatic heterocycles. The van der Waals surface area contributed by atoms with Crippen molar-refractivity contribution < 1.29 is 9.59 Å². The summed E-state index contributed by atoms with van der Waals surface area (Å²) in [6.07, 6.45) is 4.91. The molecule has 1 saturated heterocycles. The molecule has 0 bridgehead atoms. The number of rotatable bonds is 4. The smallest absolute Gasteiger partial charge is 0.290 e. The Hall–Kier alpha value is -2.86. The van der Waals surface area contributed by atoms with Crippen molar-refractivity contribution in [1.29, 1.82) is 0 Å². The van der Waals surface area contributed by atoms with E-state index in [-0.39, 0.29) is 23.3 Å². The Morgan fingerprint density at radius 1 is 1.04 bits per heavy atom. The molecule has 6 nitrogen and oxygen atoms in total. The fourth-order valence-electron chi connectivity index (χ4n) is 3.50. The number of halogens is 1. The van der Waals surface area contributed by atoms with E-state index in [2.05, 4.69) is 10.3 Å². The van der Waals surface area contributed by atoms with Crippen molar-refractivity contribution in [2.24, 2.45) is 0 Å². The molecule has 0 aliphatic carbocycles. The van der Waals surface area contributed by atoms with Crippen molar-refractivity contribution in [3.63, 3.8) is 0 Å². The van der Waals surface area contributed by atoms with E-state index >= 15 is 0 Å². The highest BCUT2D eigenvalue weighted by molar-refractivity contribution is 6.31. The normalized spacial score (nSPS) is 14.2. The van der Waals surface area contributed by atoms with Gasteiger partial charge in [0, 0.05) is 30.9 Å². The third-order valence-electron chi connectivity index (χ3n) is 5.00. The lowest BCUT2D eigenvalue weighted by Crippen LogP contribution is -2.36. The predicted octanol–water partition coefficient (Wildman–Crippen LogP) is 3.54. The van der Waals surface area contributed by atoms with Crippen molar-refractivity contribution in [1.82, 2.24) is 19.6 Å². The van der Waals surface area contributed by atoms with Gasteiger partial charge < -0.3 is 10.2 Å². The van der Waals surface area contributed by atoms with Crippen molar-refractivity contribution in [3.05, 3.63) is 70.8 Å². The molecule has 0 atom stereocenters. The maximum atomic E-state index is 13.0. The summed E-state index contributed by atoms with van der Waals surface area (Å²) in [5, 5.41) is 3.45. The molecule has 3 heterocycles. The van der Waals surface area contributed by atoms with Crippen molar-refractivity contribution in [3.8, 4) is 0 Å². The van der Waals surface area contributed by atoms with Crippen molar-refractivity contribution in [2.75, 3.05) is 13.1 Å². The Balaban J connectivity index is 1.61. The van der Waals surface area contributed by atoms with Gasteiger partial charge in [-0.05, 0) is 43.0 Å². The summed E-state index contributed by atoms with van der Waals surface area (Å²) in [4.78, 5) is 32.0. The fraction of sp³-hybridized carbons (Fsp3) is 0.286. The Morgan fingerprint density at radius 2 is 1.79 bits per heavy atom. The largest absolute Gasteiger partial charge is 0.346 e. The molecule has 144 valence electrons. The number of carbonyl (C=O) groups is 2. The lowest BCUT2D eigenvalue weighted by atomic mass is 10.1. The van der Waals surface area contributed by atoms with Crippen LogP contribution in [0.15, 0.2) is 48.7 Å². The molecule has 0 spiro atoms. The van der Waals surface area contributed by atoms with Gasteiger partial charge in [-0.1, -0.05) is 35.9 Å². The van der Waals surface area contributed by atoms with Crippen molar-refractivity contribution in [2.45, 2.75) is 25.8 Å². The molecule has 0 saturated carbocycles. The zero-order chi connectivity index (χ0) is 19.5. The van der Waals surface area contributed by atoms with Gasteiger partial charge in [-0.3, -0.25) is 14.0 Å². The second-order valence-electron chi connectivity index (χ2n) is 6.87. The number of amides is 2. The highest BCUT2D eigenvalue weighted by Crippen LogP contribution is 2.18. The van der Waals surface area contributed by atoms with E-state index in [4.69, 9.17) is 11.6 Å². The number of fused-ring (bicyclic) bond motifs is 1. The molecule has 0 unspecified atom stereocenters. The first kappa shape index (κ1) is 18.5. The molecule has 1 aliphatic rings. The second-order valence-corrected chi connectivity index (χ2v) is 7.27. The quantitative estimate of drug-likeness (QED) is 0.733. The van der Waals surface area contributed by atoms with Crippen LogP contribution in [0.5, 0.6) is 0 Å². The van der Waals surface area contributed by atoms with Crippen LogP contribution in [0.4, 0.5) is 0 Å². The van der Waals surface area contributed by atoms with Crippen LogP contribution in [0.3, 0.4) is 0 Å². The predicted molar refractivity (Wildman–Crippen MR) is 108 cm³/mol. The van der Waals surface area contributed by atoms with Gasteiger partial charge in [0.1, 0.15) is 0 Å². The van der Waals surface area contributed by atoms with Gasteiger partial charge >= 0.3 is 0 Å². The number of pyridine rings is 1. The molecule has 4 rings (SSSR count). The summed E-state index contributed by atoms with van der Waals surface area (Å²) in [5.41, 5.74) is 1.68. The molecule has 1 aromatic carbocycles. The topological polar surface area (TPSA) is 66.7 Å². The first-order chi connectivity index (χ1) is 13.6. The van der Waals surface area contributed by atoms with Crippen LogP contribution in [0, 0.1) is 0 Å². The highest BCUT2D eigenvalue weighted by atomic mass is 35.5. The number of nitrogens with one attached hydrogen (secondary N) is 1. The van der Waals surface area contributed by atoms with Crippen LogP contribution >= 0.6 is 11.6 Å². The van der Waals surface area contributed by atoms with E-state index in [0.29, 0.717) is 17.1 Å². The lowest BCUT2D eigenvalue weighted by molar-refractivity contribution is 0.0711. The molecular weight excluding hydrogens is 376 g/mol. The summed E-state index contributed by atoms with van der Waals surface area (Å²) in [7, 11) is 0. The maximum absolute atomic E-state index is 13.0. The zero-order valence-electron chi connectivity index (χ0n) is 15.4. The number of benzene rings is 1. The molecule has 3 aromatic rings. The summed E-state index contributed by atoms with van der Waals surface area (Å²) < 4.78 is 1.70. The van der Waals surface area contributed by atoms with Crippen LogP contribution in [-0.2, 0) is 6.54 Å². The molecule has 1 fully saturated rings. The Labute approximate surface area is 168 Å². The van der Waals surface area contributed by atoms with E-state index in [1.165, 1.54) is 0 Å². The van der Waals surface area contributed by atoms with Crippen LogP contribution in [-0.4, -0.2) is 39.2 Å².